The first kappa shape index (κ1) is 14.0. The Morgan fingerprint density at radius 3 is 2.44 bits per heavy atom. The summed E-state index contributed by atoms with van der Waals surface area (Å²) in [6.07, 6.45) is -0.836. The molecular formula is C12H17N3O3. The van der Waals surface area contributed by atoms with Crippen LogP contribution in [0.2, 0.25) is 0 Å². The van der Waals surface area contributed by atoms with Crippen molar-refractivity contribution in [2.45, 2.75) is 26.0 Å². The van der Waals surface area contributed by atoms with Crippen LogP contribution in [0.15, 0.2) is 24.3 Å². The molecule has 0 radical (unpaired) electrons. The predicted molar refractivity (Wildman–Crippen MR) is 66.9 cm³/mol. The first-order chi connectivity index (χ1) is 8.41. The van der Waals surface area contributed by atoms with Crippen molar-refractivity contribution in [3.05, 3.63) is 29.8 Å². The third-order valence-electron chi connectivity index (χ3n) is 2.33. The Bertz CT molecular complexity index is 446. The van der Waals surface area contributed by atoms with Gasteiger partial charge >= 0.3 is 6.03 Å². The highest BCUT2D eigenvalue weighted by atomic mass is 16.5. The van der Waals surface area contributed by atoms with Gasteiger partial charge in [0, 0.05) is 11.6 Å². The van der Waals surface area contributed by atoms with Crippen molar-refractivity contribution in [2.24, 2.45) is 11.5 Å². The molecule has 6 heteroatoms. The monoisotopic (exact) mass is 251 g/mol. The normalized spacial score (nSPS) is 13.5. The summed E-state index contributed by atoms with van der Waals surface area (Å²) in [4.78, 5) is 22.0. The summed E-state index contributed by atoms with van der Waals surface area (Å²) in [6.45, 7) is 3.34. The lowest BCUT2D eigenvalue weighted by Gasteiger charge is -2.17. The largest absolute Gasteiger partial charge is 0.481 e. The molecule has 2 atom stereocenters. The first-order valence-corrected chi connectivity index (χ1v) is 5.53. The van der Waals surface area contributed by atoms with E-state index in [-0.39, 0.29) is 6.04 Å². The summed E-state index contributed by atoms with van der Waals surface area (Å²) in [5, 5.41) is 1.96. The molecule has 5 N–H and O–H groups in total. The second kappa shape index (κ2) is 6.02. The number of carbonyl (C=O) groups excluding carboxylic acids is 2. The van der Waals surface area contributed by atoms with Gasteiger partial charge in [0.1, 0.15) is 5.75 Å². The van der Waals surface area contributed by atoms with Gasteiger partial charge in [0.2, 0.25) is 0 Å². The molecule has 1 aromatic rings. The first-order valence-electron chi connectivity index (χ1n) is 5.53. The minimum absolute atomic E-state index is 0.215. The molecule has 0 fully saturated rings. The fraction of sp³-hybridized carbons (Fsp3) is 0.333. The molecule has 1 rings (SSSR count). The van der Waals surface area contributed by atoms with E-state index in [4.69, 9.17) is 16.2 Å². The summed E-state index contributed by atoms with van der Waals surface area (Å²) in [5.41, 5.74) is 11.4. The van der Waals surface area contributed by atoms with Gasteiger partial charge in [-0.3, -0.25) is 10.1 Å². The maximum absolute atomic E-state index is 11.5. The number of hydrogen-bond donors (Lipinski definition) is 3. The number of carbonyl (C=O) groups is 2. The lowest BCUT2D eigenvalue weighted by atomic mass is 10.1. The van der Waals surface area contributed by atoms with Gasteiger partial charge in [0.05, 0.1) is 0 Å². The van der Waals surface area contributed by atoms with E-state index in [0.717, 1.165) is 5.56 Å². The Kier molecular flexibility index (Phi) is 4.67. The van der Waals surface area contributed by atoms with Crippen LogP contribution in [0.25, 0.3) is 0 Å². The van der Waals surface area contributed by atoms with Gasteiger partial charge in [-0.1, -0.05) is 18.2 Å². The van der Waals surface area contributed by atoms with Crippen molar-refractivity contribution in [1.29, 1.82) is 0 Å². The van der Waals surface area contributed by atoms with Crippen LogP contribution in [0.5, 0.6) is 5.75 Å². The van der Waals surface area contributed by atoms with E-state index in [1.54, 1.807) is 12.1 Å². The van der Waals surface area contributed by atoms with Crippen molar-refractivity contribution in [1.82, 2.24) is 5.32 Å². The number of hydrogen-bond acceptors (Lipinski definition) is 4. The van der Waals surface area contributed by atoms with Crippen LogP contribution in [-0.4, -0.2) is 18.0 Å². The summed E-state index contributed by atoms with van der Waals surface area (Å²) in [6, 6.07) is 6.02. The van der Waals surface area contributed by atoms with Crippen LogP contribution in [-0.2, 0) is 4.79 Å². The molecule has 0 aliphatic carbocycles. The summed E-state index contributed by atoms with van der Waals surface area (Å²) in [5.74, 6) is -0.0819. The maximum Gasteiger partial charge on any atom is 0.318 e. The molecule has 0 aromatic heterocycles. The van der Waals surface area contributed by atoms with Crippen molar-refractivity contribution in [3.63, 3.8) is 0 Å². The smallest absolute Gasteiger partial charge is 0.318 e. The van der Waals surface area contributed by atoms with Crippen molar-refractivity contribution >= 4 is 11.9 Å². The number of rotatable bonds is 4. The van der Waals surface area contributed by atoms with Gasteiger partial charge in [-0.05, 0) is 19.9 Å². The molecule has 0 saturated heterocycles. The predicted octanol–water partition coefficient (Wildman–Crippen LogP) is 0.669. The molecule has 0 saturated carbocycles. The Morgan fingerprint density at radius 2 is 1.89 bits per heavy atom. The quantitative estimate of drug-likeness (QED) is 0.730. The van der Waals surface area contributed by atoms with E-state index >= 15 is 0 Å². The van der Waals surface area contributed by atoms with Crippen LogP contribution in [0.1, 0.15) is 25.5 Å². The Labute approximate surface area is 105 Å². The molecule has 18 heavy (non-hydrogen) atoms. The zero-order valence-corrected chi connectivity index (χ0v) is 10.3. The maximum atomic E-state index is 11.5. The van der Waals surface area contributed by atoms with Gasteiger partial charge in [0.15, 0.2) is 6.10 Å². The van der Waals surface area contributed by atoms with Crippen molar-refractivity contribution < 1.29 is 14.3 Å². The molecule has 0 heterocycles. The van der Waals surface area contributed by atoms with Gasteiger partial charge < -0.3 is 16.2 Å². The number of urea groups is 1. The number of benzene rings is 1. The minimum Gasteiger partial charge on any atom is -0.481 e. The van der Waals surface area contributed by atoms with E-state index in [9.17, 15) is 9.59 Å². The SMILES string of the molecule is CC(Oc1ccccc1[C@H](C)N)C(=O)NC(N)=O. The van der Waals surface area contributed by atoms with Crippen LogP contribution in [0, 0.1) is 0 Å². The van der Waals surface area contributed by atoms with Gasteiger partial charge in [0.25, 0.3) is 5.91 Å². The molecule has 1 aromatic carbocycles. The number of imide groups is 1. The number of nitrogens with one attached hydrogen (secondary N) is 1. The molecule has 3 amide bonds. The van der Waals surface area contributed by atoms with E-state index in [1.165, 1.54) is 6.92 Å². The lowest BCUT2D eigenvalue weighted by Crippen LogP contribution is -2.42. The number of amides is 3. The van der Waals surface area contributed by atoms with Crippen LogP contribution in [0.3, 0.4) is 0 Å². The zero-order valence-electron chi connectivity index (χ0n) is 10.3. The molecule has 0 aliphatic heterocycles. The summed E-state index contributed by atoms with van der Waals surface area (Å²) in [7, 11) is 0. The van der Waals surface area contributed by atoms with Crippen molar-refractivity contribution in [3.8, 4) is 5.75 Å². The van der Waals surface area contributed by atoms with E-state index < -0.39 is 18.0 Å². The standard InChI is InChI=1S/C12H17N3O3/c1-7(13)9-5-3-4-6-10(9)18-8(2)11(16)15-12(14)17/h3-8H,13H2,1-2H3,(H3,14,15,16,17)/t7-,8?/m0/s1. The number of nitrogens with two attached hydrogens (primary N) is 2. The molecule has 98 valence electrons. The van der Waals surface area contributed by atoms with Crippen LogP contribution >= 0.6 is 0 Å². The second-order valence-corrected chi connectivity index (χ2v) is 3.94. The Morgan fingerprint density at radius 1 is 1.28 bits per heavy atom. The van der Waals surface area contributed by atoms with Crippen LogP contribution in [0.4, 0.5) is 4.79 Å². The molecule has 1 unspecified atom stereocenters. The number of ether oxygens (including phenoxy) is 1. The van der Waals surface area contributed by atoms with Gasteiger partial charge in [-0.15, -0.1) is 0 Å². The van der Waals surface area contributed by atoms with E-state index in [0.29, 0.717) is 5.75 Å². The average molecular weight is 251 g/mol. The van der Waals surface area contributed by atoms with E-state index in [1.807, 2.05) is 24.4 Å². The minimum atomic E-state index is -0.907. The van der Waals surface area contributed by atoms with Crippen molar-refractivity contribution in [2.75, 3.05) is 0 Å². The number of primary amides is 1. The van der Waals surface area contributed by atoms with Gasteiger partial charge in [-0.25, -0.2) is 4.79 Å². The average Bonchev–Trinajstić information content (AvgIpc) is 2.28. The highest BCUT2D eigenvalue weighted by molar-refractivity contribution is 5.95. The highest BCUT2D eigenvalue weighted by Gasteiger charge is 2.18. The number of para-hydroxylation sites is 1. The van der Waals surface area contributed by atoms with Gasteiger partial charge in [-0.2, -0.15) is 0 Å². The lowest BCUT2D eigenvalue weighted by molar-refractivity contribution is -0.126. The fourth-order valence-corrected chi connectivity index (χ4v) is 1.43. The Hall–Kier alpha value is -2.08. The molecule has 0 spiro atoms. The molecule has 6 nitrogen and oxygen atoms in total. The summed E-state index contributed by atoms with van der Waals surface area (Å²) < 4.78 is 5.47. The van der Waals surface area contributed by atoms with Crippen LogP contribution < -0.4 is 21.5 Å². The van der Waals surface area contributed by atoms with E-state index in [2.05, 4.69) is 0 Å². The zero-order chi connectivity index (χ0) is 13.7. The topological polar surface area (TPSA) is 107 Å². The fourth-order valence-electron chi connectivity index (χ4n) is 1.43. The second-order valence-electron chi connectivity index (χ2n) is 3.94. The molecule has 0 bridgehead atoms. The third kappa shape index (κ3) is 3.74. The molecule has 0 aliphatic rings. The highest BCUT2D eigenvalue weighted by Crippen LogP contribution is 2.24. The third-order valence-corrected chi connectivity index (χ3v) is 2.33. The summed E-state index contributed by atoms with van der Waals surface area (Å²) >= 11 is 0. The molecular weight excluding hydrogens is 234 g/mol. The Balaban J connectivity index is 2.78.